The van der Waals surface area contributed by atoms with E-state index >= 15 is 0 Å². The number of carbonyl (C=O) groups is 1. The summed E-state index contributed by atoms with van der Waals surface area (Å²) in [6.45, 7) is 0. The minimum Gasteiger partial charge on any atom is -0.504 e. The van der Waals surface area contributed by atoms with Crippen molar-refractivity contribution in [2.75, 3.05) is 0 Å². The number of ketones is 1. The normalized spacial score (nSPS) is 17.6. The van der Waals surface area contributed by atoms with Crippen LogP contribution < -0.4 is 0 Å². The van der Waals surface area contributed by atoms with Crippen LogP contribution in [0.1, 0.15) is 22.5 Å². The monoisotopic (exact) mass is 410 g/mol. The molecular formula is C20H12Cl2N4O2. The summed E-state index contributed by atoms with van der Waals surface area (Å²) in [5, 5.41) is 27.1. The first kappa shape index (κ1) is 19.6. The van der Waals surface area contributed by atoms with Gasteiger partial charge in [0.05, 0.1) is 27.7 Å². The number of rotatable bonds is 0. The number of nitriles is 2. The Morgan fingerprint density at radius 2 is 1.71 bits per heavy atom. The third-order valence-electron chi connectivity index (χ3n) is 4.26. The first-order valence-electron chi connectivity index (χ1n) is 8.16. The minimum atomic E-state index is -0.356. The van der Waals surface area contributed by atoms with Crippen LogP contribution in [-0.2, 0) is 17.6 Å². The van der Waals surface area contributed by atoms with Crippen molar-refractivity contribution in [3.8, 4) is 12.1 Å². The van der Waals surface area contributed by atoms with E-state index < -0.39 is 0 Å². The van der Waals surface area contributed by atoms with E-state index in [1.807, 2.05) is 18.2 Å². The number of Topliss-reactive ketones (excluding diaryl/α,β-unsaturated/α-hetero) is 1. The maximum atomic E-state index is 11.3. The second-order valence-corrected chi connectivity index (χ2v) is 6.87. The predicted octanol–water partition coefficient (Wildman–Crippen LogP) is 3.72. The Kier molecular flexibility index (Phi) is 5.75. The predicted molar refractivity (Wildman–Crippen MR) is 104 cm³/mol. The summed E-state index contributed by atoms with van der Waals surface area (Å²) in [4.78, 5) is 19.4. The Bertz CT molecular complexity index is 1110. The van der Waals surface area contributed by atoms with Crippen molar-refractivity contribution < 1.29 is 9.90 Å². The van der Waals surface area contributed by atoms with Gasteiger partial charge in [-0.2, -0.15) is 10.5 Å². The number of carbonyl (C=O) groups excluding carboxylic acids is 1. The number of fused-ring (bicyclic) bond motifs is 2. The largest absolute Gasteiger partial charge is 0.504 e. The quantitative estimate of drug-likeness (QED) is 0.662. The fourth-order valence-corrected chi connectivity index (χ4v) is 3.63. The van der Waals surface area contributed by atoms with E-state index in [1.165, 1.54) is 6.20 Å². The highest BCUT2D eigenvalue weighted by Crippen LogP contribution is 2.34. The van der Waals surface area contributed by atoms with E-state index in [4.69, 9.17) is 33.7 Å². The Morgan fingerprint density at radius 1 is 1.07 bits per heavy atom. The highest BCUT2D eigenvalue weighted by atomic mass is 35.5. The summed E-state index contributed by atoms with van der Waals surface area (Å²) in [6, 6.07) is 10.9. The van der Waals surface area contributed by atoms with Crippen LogP contribution >= 0.6 is 23.2 Å². The van der Waals surface area contributed by atoms with E-state index in [9.17, 15) is 9.90 Å². The molecule has 0 saturated carbocycles. The summed E-state index contributed by atoms with van der Waals surface area (Å²) in [5.74, 6) is -0.662. The topological polar surface area (TPSA) is 111 Å². The number of aliphatic hydroxyl groups is 1. The first-order chi connectivity index (χ1) is 13.5. The number of halogens is 2. The second kappa shape index (κ2) is 8.22. The maximum Gasteiger partial charge on any atom is 0.181 e. The SMILES string of the molecule is N#CC1=C(Cl)c2ncccc2CC1Cl.N#CC1=C(O)c2ncccc2CC1=O. The summed E-state index contributed by atoms with van der Waals surface area (Å²) in [5.41, 5.74) is 2.90. The van der Waals surface area contributed by atoms with Crippen LogP contribution in [0.25, 0.3) is 10.8 Å². The van der Waals surface area contributed by atoms with Gasteiger partial charge in [-0.25, -0.2) is 0 Å². The van der Waals surface area contributed by atoms with Crippen LogP contribution in [0, 0.1) is 22.7 Å². The van der Waals surface area contributed by atoms with E-state index in [1.54, 1.807) is 24.4 Å². The second-order valence-electron chi connectivity index (χ2n) is 5.97. The molecule has 0 spiro atoms. The summed E-state index contributed by atoms with van der Waals surface area (Å²) in [7, 11) is 0. The number of pyridine rings is 2. The highest BCUT2D eigenvalue weighted by Gasteiger charge is 2.26. The van der Waals surface area contributed by atoms with Crippen LogP contribution in [0.2, 0.25) is 0 Å². The zero-order valence-corrected chi connectivity index (χ0v) is 15.9. The number of aliphatic hydroxyl groups excluding tert-OH is 1. The van der Waals surface area contributed by atoms with Gasteiger partial charge in [-0.3, -0.25) is 14.8 Å². The molecule has 2 aliphatic rings. The standard InChI is InChI=1S/C10H6Cl2N2.C10H6N2O2/c11-8-4-6-2-1-3-14-10(6)9(12)7(8)5-13;11-5-7-8(13)4-6-2-1-3-12-9(6)10(7)14/h1-3,8H,4H2;1-3,14H,4H2. The van der Waals surface area contributed by atoms with Gasteiger partial charge in [0.2, 0.25) is 0 Å². The van der Waals surface area contributed by atoms with E-state index in [0.29, 0.717) is 34.0 Å². The lowest BCUT2D eigenvalue weighted by Crippen LogP contribution is -2.15. The van der Waals surface area contributed by atoms with Crippen LogP contribution in [0.4, 0.5) is 0 Å². The molecule has 2 heterocycles. The average molecular weight is 411 g/mol. The summed E-state index contributed by atoms with van der Waals surface area (Å²) < 4.78 is 0. The van der Waals surface area contributed by atoms with Gasteiger partial charge in [0.15, 0.2) is 11.5 Å². The molecule has 4 rings (SSSR count). The molecule has 138 valence electrons. The molecule has 28 heavy (non-hydrogen) atoms. The number of alkyl halides is 1. The van der Waals surface area contributed by atoms with Crippen molar-refractivity contribution >= 4 is 39.8 Å². The van der Waals surface area contributed by atoms with Gasteiger partial charge in [0.1, 0.15) is 17.3 Å². The molecule has 0 radical (unpaired) electrons. The van der Waals surface area contributed by atoms with Crippen molar-refractivity contribution in [3.05, 3.63) is 70.3 Å². The number of hydrogen-bond donors (Lipinski definition) is 1. The average Bonchev–Trinajstić information content (AvgIpc) is 2.69. The van der Waals surface area contributed by atoms with E-state index in [0.717, 1.165) is 5.56 Å². The lowest BCUT2D eigenvalue weighted by atomic mass is 9.94. The van der Waals surface area contributed by atoms with Gasteiger partial charge in [-0.1, -0.05) is 23.7 Å². The Morgan fingerprint density at radius 3 is 2.36 bits per heavy atom. The molecule has 1 atom stereocenters. The van der Waals surface area contributed by atoms with Gasteiger partial charge >= 0.3 is 0 Å². The third kappa shape index (κ3) is 3.61. The number of nitrogens with zero attached hydrogens (tertiary/aromatic N) is 4. The molecule has 0 saturated heterocycles. The molecule has 0 aromatic carbocycles. The Balaban J connectivity index is 0.000000161. The molecule has 6 nitrogen and oxygen atoms in total. The minimum absolute atomic E-state index is 0.135. The summed E-state index contributed by atoms with van der Waals surface area (Å²) in [6.07, 6.45) is 3.92. The molecule has 2 aliphatic carbocycles. The molecule has 2 aromatic heterocycles. The van der Waals surface area contributed by atoms with Gasteiger partial charge in [-0.05, 0) is 29.7 Å². The zero-order chi connectivity index (χ0) is 20.3. The van der Waals surface area contributed by atoms with Crippen LogP contribution in [0.3, 0.4) is 0 Å². The maximum absolute atomic E-state index is 11.3. The van der Waals surface area contributed by atoms with Crippen molar-refractivity contribution in [1.82, 2.24) is 9.97 Å². The van der Waals surface area contributed by atoms with Gasteiger partial charge < -0.3 is 5.11 Å². The lowest BCUT2D eigenvalue weighted by Gasteiger charge is -2.18. The van der Waals surface area contributed by atoms with Crippen molar-refractivity contribution in [2.45, 2.75) is 18.2 Å². The van der Waals surface area contributed by atoms with Crippen LogP contribution in [0.5, 0.6) is 0 Å². The zero-order valence-electron chi connectivity index (χ0n) is 14.4. The number of allylic oxidation sites excluding steroid dienone is 2. The Labute approximate surface area is 171 Å². The molecule has 2 aromatic rings. The van der Waals surface area contributed by atoms with Crippen LogP contribution in [0.15, 0.2) is 47.8 Å². The summed E-state index contributed by atoms with van der Waals surface area (Å²) >= 11 is 12.0. The first-order valence-corrected chi connectivity index (χ1v) is 8.98. The Hall–Kier alpha value is -3.19. The van der Waals surface area contributed by atoms with Gasteiger partial charge in [0.25, 0.3) is 0 Å². The van der Waals surface area contributed by atoms with Crippen molar-refractivity contribution in [1.29, 1.82) is 10.5 Å². The molecule has 0 fully saturated rings. The number of hydrogen-bond acceptors (Lipinski definition) is 6. The number of aromatic nitrogens is 2. The van der Waals surface area contributed by atoms with E-state index in [2.05, 4.69) is 9.97 Å². The molecule has 8 heteroatoms. The molecule has 1 N–H and O–H groups in total. The molecule has 0 aliphatic heterocycles. The van der Waals surface area contributed by atoms with Gasteiger partial charge in [-0.15, -0.1) is 11.6 Å². The molecule has 1 unspecified atom stereocenters. The fourth-order valence-electron chi connectivity index (χ4n) is 2.90. The molecule has 0 bridgehead atoms. The van der Waals surface area contributed by atoms with Gasteiger partial charge in [0, 0.05) is 18.8 Å². The van der Waals surface area contributed by atoms with Crippen LogP contribution in [-0.4, -0.2) is 26.2 Å². The van der Waals surface area contributed by atoms with Crippen molar-refractivity contribution in [2.24, 2.45) is 0 Å². The lowest BCUT2D eigenvalue weighted by molar-refractivity contribution is -0.114. The smallest absolute Gasteiger partial charge is 0.181 e. The third-order valence-corrected chi connectivity index (χ3v) is 5.02. The molecular weight excluding hydrogens is 399 g/mol. The highest BCUT2D eigenvalue weighted by molar-refractivity contribution is 6.50. The van der Waals surface area contributed by atoms with E-state index in [-0.39, 0.29) is 28.9 Å². The van der Waals surface area contributed by atoms with Crippen molar-refractivity contribution in [3.63, 3.8) is 0 Å². The fraction of sp³-hybridized carbons (Fsp3) is 0.150. The molecule has 0 amide bonds.